The van der Waals surface area contributed by atoms with Crippen molar-refractivity contribution in [3.63, 3.8) is 0 Å². The fraction of sp³-hybridized carbons (Fsp3) is 0.526. The number of guanidine groups is 1. The predicted molar refractivity (Wildman–Crippen MR) is 98.5 cm³/mol. The number of aliphatic imine (C=N–C) groups is 1. The van der Waals surface area contributed by atoms with Crippen LogP contribution in [0.1, 0.15) is 25.5 Å². The average molecular weight is 376 g/mol. The third-order valence-electron chi connectivity index (χ3n) is 4.97. The number of halogens is 1. The number of amides is 1. The van der Waals surface area contributed by atoms with Crippen molar-refractivity contribution in [2.24, 2.45) is 10.9 Å². The van der Waals surface area contributed by atoms with Crippen LogP contribution in [0.2, 0.25) is 0 Å². The highest BCUT2D eigenvalue weighted by Gasteiger charge is 2.42. The number of nitrogens with zero attached hydrogens (tertiary/aromatic N) is 3. The molecule has 0 bridgehead atoms. The zero-order valence-corrected chi connectivity index (χ0v) is 15.7. The minimum atomic E-state index is -1.09. The van der Waals surface area contributed by atoms with Crippen molar-refractivity contribution in [1.29, 1.82) is 0 Å². The first-order valence-corrected chi connectivity index (χ1v) is 9.31. The van der Waals surface area contributed by atoms with Crippen LogP contribution in [0.5, 0.6) is 0 Å². The maximum absolute atomic E-state index is 13.3. The zero-order chi connectivity index (χ0) is 19.4. The summed E-state index contributed by atoms with van der Waals surface area (Å²) in [7, 11) is 0. The van der Waals surface area contributed by atoms with E-state index in [1.165, 1.54) is 12.1 Å². The van der Waals surface area contributed by atoms with Crippen LogP contribution in [0, 0.1) is 11.7 Å². The van der Waals surface area contributed by atoms with Gasteiger partial charge < -0.3 is 14.5 Å². The molecule has 1 fully saturated rings. The molecule has 2 atom stereocenters. The van der Waals surface area contributed by atoms with Crippen LogP contribution in [0.25, 0.3) is 0 Å². The molecule has 27 heavy (non-hydrogen) atoms. The maximum Gasteiger partial charge on any atom is 0.321 e. The first kappa shape index (κ1) is 19.3. The highest BCUT2D eigenvalue weighted by Crippen LogP contribution is 2.31. The SMILES string of the molecule is CCOC(=O)[C@@H]1C(=O)NC(N2CCN(CC)CC2)=N[C@@H]1c1ccc(F)cc1. The molecule has 3 rings (SSSR count). The van der Waals surface area contributed by atoms with E-state index in [0.717, 1.165) is 32.7 Å². The van der Waals surface area contributed by atoms with Gasteiger partial charge >= 0.3 is 5.97 Å². The van der Waals surface area contributed by atoms with E-state index < -0.39 is 23.8 Å². The third kappa shape index (κ3) is 4.27. The largest absolute Gasteiger partial charge is 0.465 e. The second-order valence-corrected chi connectivity index (χ2v) is 6.59. The molecule has 0 saturated carbocycles. The van der Waals surface area contributed by atoms with E-state index in [1.807, 2.05) is 4.90 Å². The van der Waals surface area contributed by atoms with Crippen LogP contribution >= 0.6 is 0 Å². The van der Waals surface area contributed by atoms with Crippen molar-refractivity contribution in [3.8, 4) is 0 Å². The summed E-state index contributed by atoms with van der Waals surface area (Å²) in [6.45, 7) is 8.21. The summed E-state index contributed by atoms with van der Waals surface area (Å²) in [5.41, 5.74) is 0.606. The number of hydrogen-bond acceptors (Lipinski definition) is 6. The Kier molecular flexibility index (Phi) is 6.05. The minimum absolute atomic E-state index is 0.175. The summed E-state index contributed by atoms with van der Waals surface area (Å²) in [5, 5.41) is 2.76. The lowest BCUT2D eigenvalue weighted by Gasteiger charge is -2.38. The fourth-order valence-corrected chi connectivity index (χ4v) is 3.40. The average Bonchev–Trinajstić information content (AvgIpc) is 2.68. The summed E-state index contributed by atoms with van der Waals surface area (Å²) < 4.78 is 18.4. The van der Waals surface area contributed by atoms with Gasteiger partial charge in [0.15, 0.2) is 5.92 Å². The van der Waals surface area contributed by atoms with Gasteiger partial charge in [-0.05, 0) is 31.2 Å². The zero-order valence-electron chi connectivity index (χ0n) is 15.7. The van der Waals surface area contributed by atoms with Crippen LogP contribution in [0.4, 0.5) is 4.39 Å². The molecule has 2 heterocycles. The number of carbonyl (C=O) groups is 2. The van der Waals surface area contributed by atoms with Crippen LogP contribution < -0.4 is 5.32 Å². The van der Waals surface area contributed by atoms with Crippen molar-refractivity contribution in [2.45, 2.75) is 19.9 Å². The molecule has 7 nitrogen and oxygen atoms in total. The Morgan fingerprint density at radius 3 is 2.48 bits per heavy atom. The van der Waals surface area contributed by atoms with E-state index in [0.29, 0.717) is 11.5 Å². The number of likely N-dealkylation sites (N-methyl/N-ethyl adjacent to an activating group) is 1. The van der Waals surface area contributed by atoms with Gasteiger partial charge in [-0.25, -0.2) is 9.38 Å². The van der Waals surface area contributed by atoms with E-state index in [1.54, 1.807) is 19.1 Å². The molecule has 2 aliphatic heterocycles. The van der Waals surface area contributed by atoms with Gasteiger partial charge in [-0.1, -0.05) is 19.1 Å². The van der Waals surface area contributed by atoms with E-state index in [4.69, 9.17) is 4.74 Å². The summed E-state index contributed by atoms with van der Waals surface area (Å²) in [6, 6.07) is 4.98. The van der Waals surface area contributed by atoms with Gasteiger partial charge in [0.2, 0.25) is 11.9 Å². The van der Waals surface area contributed by atoms with Crippen molar-refractivity contribution in [2.75, 3.05) is 39.3 Å². The molecular weight excluding hydrogens is 351 g/mol. The van der Waals surface area contributed by atoms with E-state index in [9.17, 15) is 14.0 Å². The Labute approximate surface area is 158 Å². The second kappa shape index (κ2) is 8.47. The molecule has 0 aliphatic carbocycles. The molecular formula is C19H25FN4O3. The van der Waals surface area contributed by atoms with E-state index in [2.05, 4.69) is 22.1 Å². The fourth-order valence-electron chi connectivity index (χ4n) is 3.40. The number of carbonyl (C=O) groups excluding carboxylic acids is 2. The van der Waals surface area contributed by atoms with Gasteiger partial charge in [-0.3, -0.25) is 14.9 Å². The Morgan fingerprint density at radius 2 is 1.89 bits per heavy atom. The molecule has 1 amide bonds. The van der Waals surface area contributed by atoms with Crippen molar-refractivity contribution in [3.05, 3.63) is 35.6 Å². The number of ether oxygens (including phenoxy) is 1. The number of rotatable bonds is 4. The Hall–Kier alpha value is -2.48. The Morgan fingerprint density at radius 1 is 1.22 bits per heavy atom. The lowest BCUT2D eigenvalue weighted by atomic mass is 9.91. The smallest absolute Gasteiger partial charge is 0.321 e. The second-order valence-electron chi connectivity index (χ2n) is 6.59. The lowest BCUT2D eigenvalue weighted by molar-refractivity contribution is -0.153. The third-order valence-corrected chi connectivity index (χ3v) is 4.97. The monoisotopic (exact) mass is 376 g/mol. The molecule has 1 aromatic carbocycles. The standard InChI is InChI=1S/C19H25FN4O3/c1-3-23-9-11-24(12-10-23)19-21-16(13-5-7-14(20)8-6-13)15(17(25)22-19)18(26)27-4-2/h5-8,15-16H,3-4,9-12H2,1-2H3,(H,21,22,25)/t15-,16+/m0/s1. The van der Waals surface area contributed by atoms with Crippen LogP contribution in [-0.4, -0.2) is 67.0 Å². The molecule has 0 aromatic heterocycles. The summed E-state index contributed by atoms with van der Waals surface area (Å²) >= 11 is 0. The molecule has 1 saturated heterocycles. The number of esters is 1. The normalized spacial score (nSPS) is 23.6. The van der Waals surface area contributed by atoms with Gasteiger partial charge in [0.05, 0.1) is 6.61 Å². The molecule has 0 spiro atoms. The molecule has 8 heteroatoms. The molecule has 1 N–H and O–H groups in total. The van der Waals surface area contributed by atoms with Gasteiger partial charge in [0.1, 0.15) is 11.9 Å². The van der Waals surface area contributed by atoms with Crippen LogP contribution in [0.3, 0.4) is 0 Å². The van der Waals surface area contributed by atoms with Crippen molar-refractivity contribution in [1.82, 2.24) is 15.1 Å². The molecule has 0 unspecified atom stereocenters. The number of nitrogens with one attached hydrogen (secondary N) is 1. The quantitative estimate of drug-likeness (QED) is 0.631. The summed E-state index contributed by atoms with van der Waals surface area (Å²) in [5.74, 6) is -2.07. The molecule has 0 radical (unpaired) electrons. The maximum atomic E-state index is 13.3. The topological polar surface area (TPSA) is 74.2 Å². The van der Waals surface area contributed by atoms with Crippen molar-refractivity contribution < 1.29 is 18.7 Å². The van der Waals surface area contributed by atoms with Gasteiger partial charge in [0, 0.05) is 26.2 Å². The number of piperazine rings is 1. The highest BCUT2D eigenvalue weighted by atomic mass is 19.1. The van der Waals surface area contributed by atoms with E-state index in [-0.39, 0.29) is 12.4 Å². The lowest BCUT2D eigenvalue weighted by Crippen LogP contribution is -2.57. The molecule has 146 valence electrons. The van der Waals surface area contributed by atoms with Crippen LogP contribution in [-0.2, 0) is 14.3 Å². The first-order chi connectivity index (χ1) is 13.0. The molecule has 2 aliphatic rings. The highest BCUT2D eigenvalue weighted by molar-refractivity contribution is 6.08. The first-order valence-electron chi connectivity index (χ1n) is 9.31. The summed E-state index contributed by atoms with van der Waals surface area (Å²) in [4.78, 5) is 34.1. The van der Waals surface area contributed by atoms with Gasteiger partial charge in [-0.15, -0.1) is 0 Å². The Bertz CT molecular complexity index is 714. The number of hydrogen-bond donors (Lipinski definition) is 1. The predicted octanol–water partition coefficient (Wildman–Crippen LogP) is 1.17. The molecule has 1 aromatic rings. The van der Waals surface area contributed by atoms with Crippen molar-refractivity contribution >= 4 is 17.8 Å². The van der Waals surface area contributed by atoms with Gasteiger partial charge in [0.25, 0.3) is 0 Å². The van der Waals surface area contributed by atoms with Crippen LogP contribution in [0.15, 0.2) is 29.3 Å². The van der Waals surface area contributed by atoms with E-state index >= 15 is 0 Å². The minimum Gasteiger partial charge on any atom is -0.465 e. The summed E-state index contributed by atoms with van der Waals surface area (Å²) in [6.07, 6.45) is 0. The number of benzene rings is 1. The Balaban J connectivity index is 1.90. The van der Waals surface area contributed by atoms with Gasteiger partial charge in [-0.2, -0.15) is 0 Å².